The second kappa shape index (κ2) is 7.07. The van der Waals surface area contributed by atoms with Crippen molar-refractivity contribution in [2.75, 3.05) is 29.9 Å². The summed E-state index contributed by atoms with van der Waals surface area (Å²) >= 11 is 1.21. The van der Waals surface area contributed by atoms with Crippen LogP contribution in [0.2, 0.25) is 0 Å². The van der Waals surface area contributed by atoms with Crippen LogP contribution in [0.15, 0.2) is 10.6 Å². The van der Waals surface area contributed by atoms with E-state index in [1.54, 1.807) is 17.9 Å². The molecular weight excluding hydrogens is 346 g/mol. The van der Waals surface area contributed by atoms with Crippen molar-refractivity contribution in [2.45, 2.75) is 26.2 Å². The zero-order chi connectivity index (χ0) is 18.0. The Hall–Kier alpha value is -2.03. The molecule has 2 fully saturated rings. The topological polar surface area (TPSA) is 113 Å². The number of nitrogens with zero attached hydrogens (tertiary/aromatic N) is 2. The number of likely N-dealkylation sites (tertiary alicyclic amines) is 1. The normalized spacial score (nSPS) is 25.0. The number of aromatic nitrogens is 1. The first-order valence-corrected chi connectivity index (χ1v) is 9.38. The highest BCUT2D eigenvalue weighted by molar-refractivity contribution is 8.00. The van der Waals surface area contributed by atoms with Crippen molar-refractivity contribution >= 4 is 35.4 Å². The smallest absolute Gasteiger partial charge is 0.311 e. The second-order valence-electron chi connectivity index (χ2n) is 6.69. The lowest BCUT2D eigenvalue weighted by Crippen LogP contribution is -2.37. The summed E-state index contributed by atoms with van der Waals surface area (Å²) in [4.78, 5) is 37.4. The molecule has 2 aliphatic rings. The van der Waals surface area contributed by atoms with E-state index in [0.717, 1.165) is 12.8 Å². The Balaban J connectivity index is 1.44. The van der Waals surface area contributed by atoms with Crippen LogP contribution in [-0.4, -0.2) is 57.5 Å². The largest absolute Gasteiger partial charge is 0.481 e. The highest BCUT2D eigenvalue weighted by Crippen LogP contribution is 2.48. The number of amides is 2. The Morgan fingerprint density at radius 2 is 2.28 bits per heavy atom. The van der Waals surface area contributed by atoms with E-state index in [1.807, 2.05) is 0 Å². The minimum atomic E-state index is -0.791. The third-order valence-electron chi connectivity index (χ3n) is 5.00. The van der Waals surface area contributed by atoms with Crippen LogP contribution in [-0.2, 0) is 14.4 Å². The summed E-state index contributed by atoms with van der Waals surface area (Å²) < 4.78 is 4.86. The first kappa shape index (κ1) is 17.8. The number of anilines is 1. The molecule has 136 valence electrons. The molecule has 2 N–H and O–H groups in total. The van der Waals surface area contributed by atoms with Gasteiger partial charge in [-0.2, -0.15) is 0 Å². The van der Waals surface area contributed by atoms with Gasteiger partial charge >= 0.3 is 5.97 Å². The van der Waals surface area contributed by atoms with E-state index in [0.29, 0.717) is 24.5 Å². The first-order valence-electron chi connectivity index (χ1n) is 8.23. The number of aliphatic carboxylic acids is 1. The minimum Gasteiger partial charge on any atom is -0.481 e. The van der Waals surface area contributed by atoms with Crippen molar-refractivity contribution in [3.8, 4) is 0 Å². The third-order valence-corrected chi connectivity index (χ3v) is 5.92. The second-order valence-corrected chi connectivity index (χ2v) is 7.67. The quantitative estimate of drug-likeness (QED) is 0.781. The molecule has 1 aliphatic carbocycles. The molecule has 2 atom stereocenters. The van der Waals surface area contributed by atoms with Crippen molar-refractivity contribution in [3.05, 3.63) is 11.8 Å². The van der Waals surface area contributed by atoms with Crippen LogP contribution in [0.1, 0.15) is 25.0 Å². The van der Waals surface area contributed by atoms with Crippen LogP contribution in [0, 0.1) is 18.3 Å². The fourth-order valence-electron chi connectivity index (χ4n) is 3.76. The Morgan fingerprint density at radius 1 is 1.48 bits per heavy atom. The van der Waals surface area contributed by atoms with Gasteiger partial charge in [-0.25, -0.2) is 0 Å². The summed E-state index contributed by atoms with van der Waals surface area (Å²) in [5.41, 5.74) is -0.761. The number of aryl methyl sites for hydroxylation is 1. The van der Waals surface area contributed by atoms with Crippen molar-refractivity contribution in [1.29, 1.82) is 0 Å². The van der Waals surface area contributed by atoms with E-state index in [4.69, 9.17) is 4.52 Å². The summed E-state index contributed by atoms with van der Waals surface area (Å²) in [6.07, 6.45) is 2.42. The molecule has 2 amide bonds. The fourth-order valence-corrected chi connectivity index (χ4v) is 4.47. The molecule has 0 unspecified atom stereocenters. The van der Waals surface area contributed by atoms with Crippen molar-refractivity contribution in [2.24, 2.45) is 11.3 Å². The van der Waals surface area contributed by atoms with Crippen molar-refractivity contribution in [1.82, 2.24) is 10.1 Å². The number of carboxylic acids is 1. The molecule has 1 aromatic rings. The Morgan fingerprint density at radius 3 is 2.92 bits per heavy atom. The lowest BCUT2D eigenvalue weighted by molar-refractivity contribution is -0.149. The Labute approximate surface area is 149 Å². The maximum Gasteiger partial charge on any atom is 0.311 e. The molecule has 3 rings (SSSR count). The number of fused-ring (bicyclic) bond motifs is 1. The van der Waals surface area contributed by atoms with Gasteiger partial charge in [-0.1, -0.05) is 11.6 Å². The fraction of sp³-hybridized carbons (Fsp3) is 0.625. The molecule has 1 saturated carbocycles. The number of thioether (sulfide) groups is 1. The predicted molar refractivity (Wildman–Crippen MR) is 91.2 cm³/mol. The molecule has 1 aromatic heterocycles. The van der Waals surface area contributed by atoms with Gasteiger partial charge in [0, 0.05) is 19.2 Å². The van der Waals surface area contributed by atoms with Gasteiger partial charge in [-0.15, -0.1) is 11.8 Å². The van der Waals surface area contributed by atoms with Crippen LogP contribution >= 0.6 is 11.8 Å². The lowest BCUT2D eigenvalue weighted by atomic mass is 9.81. The van der Waals surface area contributed by atoms with Crippen LogP contribution in [0.5, 0.6) is 0 Å². The SMILES string of the molecule is Cc1cc(NC(=O)CSCC(=O)N2C[C@@H]3CCC[C@@]3(C(=O)O)C2)no1. The first-order chi connectivity index (χ1) is 11.9. The highest BCUT2D eigenvalue weighted by atomic mass is 32.2. The number of hydrogen-bond acceptors (Lipinski definition) is 6. The van der Waals surface area contributed by atoms with E-state index in [2.05, 4.69) is 10.5 Å². The summed E-state index contributed by atoms with van der Waals surface area (Å²) in [6.45, 7) is 2.53. The van der Waals surface area contributed by atoms with Crippen LogP contribution in [0.4, 0.5) is 5.82 Å². The molecule has 2 heterocycles. The molecule has 8 nitrogen and oxygen atoms in total. The number of carbonyl (C=O) groups is 3. The summed E-state index contributed by atoms with van der Waals surface area (Å²) in [7, 11) is 0. The van der Waals surface area contributed by atoms with Crippen molar-refractivity contribution in [3.63, 3.8) is 0 Å². The third kappa shape index (κ3) is 3.65. The lowest BCUT2D eigenvalue weighted by Gasteiger charge is -2.23. The van der Waals surface area contributed by atoms with Gasteiger partial charge in [0.15, 0.2) is 5.82 Å². The molecule has 25 heavy (non-hydrogen) atoms. The monoisotopic (exact) mass is 367 g/mol. The number of rotatable bonds is 6. The maximum absolute atomic E-state index is 12.3. The zero-order valence-electron chi connectivity index (χ0n) is 14.0. The number of carboxylic acid groups (broad SMARTS) is 1. The van der Waals surface area contributed by atoms with E-state index in [-0.39, 0.29) is 35.8 Å². The summed E-state index contributed by atoms with van der Waals surface area (Å²) in [6, 6.07) is 1.61. The minimum absolute atomic E-state index is 0.0534. The van der Waals surface area contributed by atoms with E-state index in [9.17, 15) is 19.5 Å². The van der Waals surface area contributed by atoms with Gasteiger partial charge in [-0.3, -0.25) is 14.4 Å². The molecule has 0 radical (unpaired) electrons. The zero-order valence-corrected chi connectivity index (χ0v) is 14.8. The van der Waals surface area contributed by atoms with Gasteiger partial charge in [0.1, 0.15) is 5.76 Å². The number of hydrogen-bond donors (Lipinski definition) is 2. The van der Waals surface area contributed by atoms with Gasteiger partial charge < -0.3 is 19.8 Å². The predicted octanol–water partition coefficient (Wildman–Crippen LogP) is 1.37. The van der Waals surface area contributed by atoms with E-state index >= 15 is 0 Å². The van der Waals surface area contributed by atoms with Gasteiger partial charge in [-0.05, 0) is 25.7 Å². The number of carbonyl (C=O) groups excluding carboxylic acids is 2. The van der Waals surface area contributed by atoms with E-state index in [1.165, 1.54) is 11.8 Å². The summed E-state index contributed by atoms with van der Waals surface area (Å²) in [5, 5.41) is 15.8. The highest BCUT2D eigenvalue weighted by Gasteiger charge is 2.55. The van der Waals surface area contributed by atoms with Crippen molar-refractivity contribution < 1.29 is 24.0 Å². The van der Waals surface area contributed by atoms with Crippen LogP contribution in [0.3, 0.4) is 0 Å². The molecule has 1 saturated heterocycles. The molecule has 1 aliphatic heterocycles. The molecular formula is C16H21N3O5S. The van der Waals surface area contributed by atoms with Gasteiger partial charge in [0.25, 0.3) is 0 Å². The summed E-state index contributed by atoms with van der Waals surface area (Å²) in [5.74, 6) is 0.136. The van der Waals surface area contributed by atoms with E-state index < -0.39 is 11.4 Å². The standard InChI is InChI=1S/C16H21N3O5S/c1-10-5-12(18-24-10)17-13(20)7-25-8-14(21)19-6-11-3-2-4-16(11,9-19)15(22)23/h5,11H,2-4,6-9H2,1H3,(H,22,23)(H,17,18,20)/t11-,16+/m0/s1. The molecule has 0 spiro atoms. The average molecular weight is 367 g/mol. The molecule has 0 aromatic carbocycles. The number of nitrogens with one attached hydrogen (secondary N) is 1. The Kier molecular flexibility index (Phi) is 5.03. The maximum atomic E-state index is 12.3. The molecule has 9 heteroatoms. The van der Waals surface area contributed by atoms with Crippen LogP contribution in [0.25, 0.3) is 0 Å². The Bertz CT molecular complexity index is 691. The van der Waals surface area contributed by atoms with Gasteiger partial charge in [0.2, 0.25) is 11.8 Å². The van der Waals surface area contributed by atoms with Gasteiger partial charge in [0.05, 0.1) is 16.9 Å². The average Bonchev–Trinajstić information content (AvgIpc) is 3.21. The molecule has 0 bridgehead atoms. The van der Waals surface area contributed by atoms with Crippen LogP contribution < -0.4 is 5.32 Å².